The van der Waals surface area contributed by atoms with Gasteiger partial charge >= 0.3 is 5.97 Å². The standard InChI is InChI=1S/C23H19ClN2O4/c1-29-20-12-6-18(7-13-20)23(28)26-25-15-17-4-10-21(11-5-17)30-22(27)14-16-2-8-19(24)9-3-16/h2-13,15H,14H2,1H3,(H,26,28)/b25-15+. The van der Waals surface area contributed by atoms with Crippen molar-refractivity contribution in [1.82, 2.24) is 5.43 Å². The molecule has 0 saturated carbocycles. The van der Waals surface area contributed by atoms with Crippen LogP contribution in [-0.2, 0) is 11.2 Å². The van der Waals surface area contributed by atoms with Gasteiger partial charge in [0.15, 0.2) is 0 Å². The predicted molar refractivity (Wildman–Crippen MR) is 115 cm³/mol. The summed E-state index contributed by atoms with van der Waals surface area (Å²) in [5.74, 6) is 0.393. The maximum Gasteiger partial charge on any atom is 0.315 e. The van der Waals surface area contributed by atoms with Gasteiger partial charge in [0.25, 0.3) is 5.91 Å². The third-order valence-corrected chi connectivity index (χ3v) is 4.36. The number of ether oxygens (including phenoxy) is 2. The summed E-state index contributed by atoms with van der Waals surface area (Å²) in [4.78, 5) is 24.1. The molecule has 6 nitrogen and oxygen atoms in total. The molecule has 3 aromatic carbocycles. The lowest BCUT2D eigenvalue weighted by Crippen LogP contribution is -2.17. The molecule has 0 unspecified atom stereocenters. The molecule has 0 aliphatic rings. The minimum absolute atomic E-state index is 0.151. The number of hydrazone groups is 1. The van der Waals surface area contributed by atoms with E-state index in [9.17, 15) is 9.59 Å². The fourth-order valence-electron chi connectivity index (χ4n) is 2.53. The summed E-state index contributed by atoms with van der Waals surface area (Å²) in [7, 11) is 1.56. The molecule has 0 aromatic heterocycles. The van der Waals surface area contributed by atoms with E-state index in [1.807, 2.05) is 0 Å². The van der Waals surface area contributed by atoms with Crippen molar-refractivity contribution in [2.24, 2.45) is 5.10 Å². The van der Waals surface area contributed by atoms with Gasteiger partial charge in [-0.2, -0.15) is 5.10 Å². The van der Waals surface area contributed by atoms with Crippen molar-refractivity contribution in [3.63, 3.8) is 0 Å². The SMILES string of the molecule is COc1ccc(C(=O)N/N=C/c2ccc(OC(=O)Cc3ccc(Cl)cc3)cc2)cc1. The molecule has 0 radical (unpaired) electrons. The molecule has 3 aromatic rings. The maximum absolute atomic E-state index is 12.0. The Kier molecular flexibility index (Phi) is 7.19. The molecule has 0 atom stereocenters. The van der Waals surface area contributed by atoms with Gasteiger partial charge in [0.05, 0.1) is 19.7 Å². The van der Waals surface area contributed by atoms with Crippen LogP contribution in [0.25, 0.3) is 0 Å². The van der Waals surface area contributed by atoms with Crippen molar-refractivity contribution in [2.75, 3.05) is 7.11 Å². The third kappa shape index (κ3) is 6.18. The van der Waals surface area contributed by atoms with Crippen molar-refractivity contribution < 1.29 is 19.1 Å². The Morgan fingerprint density at radius 1 is 0.933 bits per heavy atom. The highest BCUT2D eigenvalue weighted by Crippen LogP contribution is 2.14. The van der Waals surface area contributed by atoms with Crippen molar-refractivity contribution in [3.05, 3.63) is 94.5 Å². The number of rotatable bonds is 7. The Bertz CT molecular complexity index is 1030. The second-order valence-corrected chi connectivity index (χ2v) is 6.71. The molecule has 152 valence electrons. The summed E-state index contributed by atoms with van der Waals surface area (Å²) in [5, 5.41) is 4.56. The highest BCUT2D eigenvalue weighted by molar-refractivity contribution is 6.30. The largest absolute Gasteiger partial charge is 0.497 e. The minimum Gasteiger partial charge on any atom is -0.497 e. The van der Waals surface area contributed by atoms with Crippen LogP contribution in [-0.4, -0.2) is 25.2 Å². The van der Waals surface area contributed by atoms with E-state index in [1.165, 1.54) is 6.21 Å². The fourth-order valence-corrected chi connectivity index (χ4v) is 2.66. The Labute approximate surface area is 179 Å². The summed E-state index contributed by atoms with van der Waals surface area (Å²) in [5.41, 5.74) is 4.48. The first-order chi connectivity index (χ1) is 14.5. The van der Waals surface area contributed by atoms with Crippen molar-refractivity contribution in [3.8, 4) is 11.5 Å². The predicted octanol–water partition coefficient (Wildman–Crippen LogP) is 4.26. The molecule has 7 heteroatoms. The first-order valence-electron chi connectivity index (χ1n) is 9.06. The van der Waals surface area contributed by atoms with E-state index in [4.69, 9.17) is 21.1 Å². The summed E-state index contributed by atoms with van der Waals surface area (Å²) in [6, 6.07) is 20.5. The summed E-state index contributed by atoms with van der Waals surface area (Å²) in [6.45, 7) is 0. The average molecular weight is 423 g/mol. The number of halogens is 1. The molecule has 30 heavy (non-hydrogen) atoms. The van der Waals surface area contributed by atoms with Crippen LogP contribution in [0.4, 0.5) is 0 Å². The first-order valence-corrected chi connectivity index (χ1v) is 9.44. The lowest BCUT2D eigenvalue weighted by atomic mass is 10.1. The molecule has 0 saturated heterocycles. The van der Waals surface area contributed by atoms with Crippen LogP contribution in [0.1, 0.15) is 21.5 Å². The number of hydrogen-bond acceptors (Lipinski definition) is 5. The zero-order chi connectivity index (χ0) is 21.3. The van der Waals surface area contributed by atoms with Gasteiger partial charge in [0, 0.05) is 10.6 Å². The van der Waals surface area contributed by atoms with E-state index in [-0.39, 0.29) is 18.3 Å². The van der Waals surface area contributed by atoms with Gasteiger partial charge in [0.1, 0.15) is 11.5 Å². The van der Waals surface area contributed by atoms with Gasteiger partial charge in [0.2, 0.25) is 0 Å². The van der Waals surface area contributed by atoms with E-state index >= 15 is 0 Å². The quantitative estimate of drug-likeness (QED) is 0.267. The van der Waals surface area contributed by atoms with E-state index < -0.39 is 0 Å². The number of carbonyl (C=O) groups excluding carboxylic acids is 2. The summed E-state index contributed by atoms with van der Waals surface area (Å²) in [6.07, 6.45) is 1.65. The smallest absolute Gasteiger partial charge is 0.315 e. The molecule has 1 N–H and O–H groups in total. The molecule has 1 amide bonds. The zero-order valence-electron chi connectivity index (χ0n) is 16.2. The molecule has 0 bridgehead atoms. The summed E-state index contributed by atoms with van der Waals surface area (Å²) >= 11 is 5.83. The van der Waals surface area contributed by atoms with Crippen LogP contribution >= 0.6 is 11.6 Å². The van der Waals surface area contributed by atoms with Crippen molar-refractivity contribution >= 4 is 29.7 Å². The lowest BCUT2D eigenvalue weighted by molar-refractivity contribution is -0.133. The Morgan fingerprint density at radius 3 is 2.20 bits per heavy atom. The minimum atomic E-state index is -0.370. The number of carbonyl (C=O) groups is 2. The lowest BCUT2D eigenvalue weighted by Gasteiger charge is -2.05. The number of nitrogens with one attached hydrogen (secondary N) is 1. The van der Waals surface area contributed by atoms with Crippen LogP contribution in [0.2, 0.25) is 5.02 Å². The van der Waals surface area contributed by atoms with Crippen LogP contribution in [0, 0.1) is 0 Å². The Morgan fingerprint density at radius 2 is 1.57 bits per heavy atom. The molecule has 0 aliphatic heterocycles. The topological polar surface area (TPSA) is 77.0 Å². The Hall–Kier alpha value is -3.64. The number of nitrogens with zero attached hydrogens (tertiary/aromatic N) is 1. The first kappa shape index (κ1) is 21.1. The molecule has 0 aliphatic carbocycles. The molecule has 0 fully saturated rings. The van der Waals surface area contributed by atoms with Gasteiger partial charge in [-0.3, -0.25) is 9.59 Å². The van der Waals surface area contributed by atoms with Crippen molar-refractivity contribution in [2.45, 2.75) is 6.42 Å². The third-order valence-electron chi connectivity index (χ3n) is 4.11. The molecule has 3 rings (SSSR count). The van der Waals surface area contributed by atoms with Gasteiger partial charge in [-0.05, 0) is 71.8 Å². The van der Waals surface area contributed by atoms with Gasteiger partial charge in [-0.25, -0.2) is 5.43 Å². The normalized spacial score (nSPS) is 10.6. The molecule has 0 spiro atoms. The van der Waals surface area contributed by atoms with Gasteiger partial charge in [-0.1, -0.05) is 23.7 Å². The van der Waals surface area contributed by atoms with E-state index in [0.717, 1.165) is 11.1 Å². The second-order valence-electron chi connectivity index (χ2n) is 6.27. The van der Waals surface area contributed by atoms with Crippen LogP contribution in [0.3, 0.4) is 0 Å². The Balaban J connectivity index is 1.50. The summed E-state index contributed by atoms with van der Waals surface area (Å²) < 4.78 is 10.4. The van der Waals surface area contributed by atoms with Crippen LogP contribution in [0.5, 0.6) is 11.5 Å². The average Bonchev–Trinajstić information content (AvgIpc) is 2.76. The highest BCUT2D eigenvalue weighted by Gasteiger charge is 2.07. The zero-order valence-corrected chi connectivity index (χ0v) is 16.9. The fraction of sp³-hybridized carbons (Fsp3) is 0.0870. The van der Waals surface area contributed by atoms with Crippen LogP contribution in [0.15, 0.2) is 77.9 Å². The van der Waals surface area contributed by atoms with E-state index in [2.05, 4.69) is 10.5 Å². The number of esters is 1. The monoisotopic (exact) mass is 422 g/mol. The molecule has 0 heterocycles. The van der Waals surface area contributed by atoms with Gasteiger partial charge < -0.3 is 9.47 Å². The van der Waals surface area contributed by atoms with E-state index in [0.29, 0.717) is 22.1 Å². The molecular weight excluding hydrogens is 404 g/mol. The number of benzene rings is 3. The molecular formula is C23H19ClN2O4. The second kappa shape index (κ2) is 10.2. The van der Waals surface area contributed by atoms with Crippen LogP contribution < -0.4 is 14.9 Å². The van der Waals surface area contributed by atoms with Crippen molar-refractivity contribution in [1.29, 1.82) is 0 Å². The maximum atomic E-state index is 12.0. The number of amides is 1. The number of methoxy groups -OCH3 is 1. The van der Waals surface area contributed by atoms with E-state index in [1.54, 1.807) is 79.9 Å². The highest BCUT2D eigenvalue weighted by atomic mass is 35.5. The van der Waals surface area contributed by atoms with Gasteiger partial charge in [-0.15, -0.1) is 0 Å². The number of hydrogen-bond donors (Lipinski definition) is 1.